The maximum atomic E-state index is 13.5. The number of carbonyl (C=O) groups excluding carboxylic acids is 1. The summed E-state index contributed by atoms with van der Waals surface area (Å²) in [6.07, 6.45) is 0. The number of carbonyl (C=O) groups is 1. The van der Waals surface area contributed by atoms with E-state index in [0.29, 0.717) is 17.1 Å². The molecule has 0 heterocycles. The van der Waals surface area contributed by atoms with E-state index in [1.54, 1.807) is 42.5 Å². The number of sulfonamides is 1. The Bertz CT molecular complexity index is 1150. The van der Waals surface area contributed by atoms with Crippen LogP contribution in [0.4, 0.5) is 11.4 Å². The Morgan fingerprint density at radius 1 is 0.935 bits per heavy atom. The van der Waals surface area contributed by atoms with Crippen LogP contribution in [0.1, 0.15) is 0 Å². The Labute approximate surface area is 195 Å². The molecule has 0 spiro atoms. The number of nitrogens with zero attached hydrogens (tertiary/aromatic N) is 1. The SMILES string of the molecule is COc1ccc(S(=O)(=O)N(CC(=O)Nc2ccc(I)cc2)c2ccccc2)cc1OC. The summed E-state index contributed by atoms with van der Waals surface area (Å²) >= 11 is 2.17. The van der Waals surface area contributed by atoms with E-state index < -0.39 is 22.5 Å². The van der Waals surface area contributed by atoms with Crippen LogP contribution >= 0.6 is 22.6 Å². The number of amides is 1. The molecule has 0 unspecified atom stereocenters. The molecule has 0 aromatic heterocycles. The lowest BCUT2D eigenvalue weighted by molar-refractivity contribution is -0.114. The molecule has 0 saturated carbocycles. The molecule has 0 aliphatic rings. The molecular formula is C22H21IN2O5S. The topological polar surface area (TPSA) is 84.9 Å². The van der Waals surface area contributed by atoms with Crippen molar-refractivity contribution in [1.29, 1.82) is 0 Å². The number of halogens is 1. The third kappa shape index (κ3) is 5.47. The summed E-state index contributed by atoms with van der Waals surface area (Å²) in [4.78, 5) is 12.7. The number of anilines is 2. The number of hydrogen-bond acceptors (Lipinski definition) is 5. The fourth-order valence-corrected chi connectivity index (χ4v) is 4.67. The monoisotopic (exact) mass is 552 g/mol. The number of para-hydroxylation sites is 1. The first-order valence-corrected chi connectivity index (χ1v) is 11.7. The van der Waals surface area contributed by atoms with Gasteiger partial charge in [-0.25, -0.2) is 8.42 Å². The first-order valence-electron chi connectivity index (χ1n) is 9.20. The van der Waals surface area contributed by atoms with Crippen LogP contribution in [-0.4, -0.2) is 35.1 Å². The van der Waals surface area contributed by atoms with Gasteiger partial charge < -0.3 is 14.8 Å². The zero-order valence-corrected chi connectivity index (χ0v) is 19.9. The highest BCUT2D eigenvalue weighted by Crippen LogP contribution is 2.32. The second kappa shape index (κ2) is 10.0. The van der Waals surface area contributed by atoms with Crippen molar-refractivity contribution in [3.05, 3.63) is 76.4 Å². The van der Waals surface area contributed by atoms with Crippen molar-refractivity contribution in [2.24, 2.45) is 0 Å². The number of methoxy groups -OCH3 is 2. The molecule has 0 fully saturated rings. The minimum atomic E-state index is -4.07. The van der Waals surface area contributed by atoms with E-state index in [9.17, 15) is 13.2 Å². The summed E-state index contributed by atoms with van der Waals surface area (Å²) < 4.78 is 39.5. The molecule has 9 heteroatoms. The van der Waals surface area contributed by atoms with E-state index in [0.717, 1.165) is 7.88 Å². The number of benzene rings is 3. The fourth-order valence-electron chi connectivity index (χ4n) is 2.88. The van der Waals surface area contributed by atoms with Gasteiger partial charge in [-0.1, -0.05) is 18.2 Å². The van der Waals surface area contributed by atoms with Crippen LogP contribution in [0.2, 0.25) is 0 Å². The van der Waals surface area contributed by atoms with Crippen LogP contribution in [0.25, 0.3) is 0 Å². The molecule has 1 amide bonds. The van der Waals surface area contributed by atoms with Crippen molar-refractivity contribution in [3.8, 4) is 11.5 Å². The number of nitrogens with one attached hydrogen (secondary N) is 1. The predicted molar refractivity (Wildman–Crippen MR) is 128 cm³/mol. The molecule has 3 aromatic rings. The molecule has 3 rings (SSSR count). The van der Waals surface area contributed by atoms with Gasteiger partial charge >= 0.3 is 0 Å². The van der Waals surface area contributed by atoms with Crippen LogP contribution < -0.4 is 19.1 Å². The van der Waals surface area contributed by atoms with Crippen molar-refractivity contribution in [1.82, 2.24) is 0 Å². The normalized spacial score (nSPS) is 10.9. The van der Waals surface area contributed by atoms with Crippen LogP contribution in [0.15, 0.2) is 77.7 Å². The summed E-state index contributed by atoms with van der Waals surface area (Å²) in [7, 11) is -1.17. The maximum absolute atomic E-state index is 13.5. The van der Waals surface area contributed by atoms with Gasteiger partial charge in [0.05, 0.1) is 24.8 Å². The molecule has 31 heavy (non-hydrogen) atoms. The van der Waals surface area contributed by atoms with E-state index in [1.807, 2.05) is 12.1 Å². The second-order valence-corrected chi connectivity index (χ2v) is 9.53. The summed E-state index contributed by atoms with van der Waals surface area (Å²) in [6.45, 7) is -0.396. The molecule has 0 atom stereocenters. The van der Waals surface area contributed by atoms with Crippen LogP contribution in [0, 0.1) is 3.57 Å². The summed E-state index contributed by atoms with van der Waals surface area (Å²) in [6, 6.07) is 20.0. The number of hydrogen-bond donors (Lipinski definition) is 1. The van der Waals surface area contributed by atoms with E-state index in [2.05, 4.69) is 27.9 Å². The van der Waals surface area contributed by atoms with E-state index in [4.69, 9.17) is 9.47 Å². The average molecular weight is 552 g/mol. The van der Waals surface area contributed by atoms with Crippen LogP contribution in [0.5, 0.6) is 11.5 Å². The Morgan fingerprint density at radius 2 is 1.58 bits per heavy atom. The summed E-state index contributed by atoms with van der Waals surface area (Å²) in [5.74, 6) is 0.221. The van der Waals surface area contributed by atoms with Crippen LogP contribution in [0.3, 0.4) is 0 Å². The maximum Gasteiger partial charge on any atom is 0.264 e. The second-order valence-electron chi connectivity index (χ2n) is 6.42. The molecule has 0 aliphatic carbocycles. The highest BCUT2D eigenvalue weighted by atomic mass is 127. The van der Waals surface area contributed by atoms with Gasteiger partial charge in [-0.15, -0.1) is 0 Å². The molecule has 0 bridgehead atoms. The van der Waals surface area contributed by atoms with Gasteiger partial charge in [0.2, 0.25) is 5.91 Å². The Hall–Kier alpha value is -2.79. The highest BCUT2D eigenvalue weighted by Gasteiger charge is 2.28. The lowest BCUT2D eigenvalue weighted by Gasteiger charge is -2.24. The van der Waals surface area contributed by atoms with Crippen LogP contribution in [-0.2, 0) is 14.8 Å². The first-order chi connectivity index (χ1) is 14.8. The van der Waals surface area contributed by atoms with Gasteiger partial charge in [0.15, 0.2) is 11.5 Å². The van der Waals surface area contributed by atoms with Crippen molar-refractivity contribution in [2.75, 3.05) is 30.4 Å². The van der Waals surface area contributed by atoms with Gasteiger partial charge in [0.1, 0.15) is 6.54 Å². The molecule has 3 aromatic carbocycles. The summed E-state index contributed by atoms with van der Waals surface area (Å²) in [5.41, 5.74) is 0.956. The molecule has 0 radical (unpaired) electrons. The quantitative estimate of drug-likeness (QED) is 0.425. The molecule has 162 valence electrons. The molecule has 7 nitrogen and oxygen atoms in total. The van der Waals surface area contributed by atoms with E-state index >= 15 is 0 Å². The standard InChI is InChI=1S/C22H21IN2O5S/c1-29-20-13-12-19(14-21(20)30-2)31(27,28)25(18-6-4-3-5-7-18)15-22(26)24-17-10-8-16(23)9-11-17/h3-14H,15H2,1-2H3,(H,24,26). The van der Waals surface area contributed by atoms with Gasteiger partial charge in [0, 0.05) is 15.3 Å². The minimum absolute atomic E-state index is 0.0175. The zero-order valence-electron chi connectivity index (χ0n) is 16.9. The molecular weight excluding hydrogens is 531 g/mol. The largest absolute Gasteiger partial charge is 0.493 e. The molecule has 0 aliphatic heterocycles. The van der Waals surface area contributed by atoms with Crippen molar-refractivity contribution in [3.63, 3.8) is 0 Å². The van der Waals surface area contributed by atoms with E-state index in [1.165, 1.54) is 32.4 Å². The highest BCUT2D eigenvalue weighted by molar-refractivity contribution is 14.1. The molecule has 1 N–H and O–H groups in total. The Balaban J connectivity index is 1.95. The lowest BCUT2D eigenvalue weighted by atomic mass is 10.3. The first kappa shape index (κ1) is 22.9. The lowest BCUT2D eigenvalue weighted by Crippen LogP contribution is -2.38. The smallest absolute Gasteiger partial charge is 0.264 e. The molecule has 0 saturated heterocycles. The van der Waals surface area contributed by atoms with Gasteiger partial charge in [0.25, 0.3) is 10.0 Å². The fraction of sp³-hybridized carbons (Fsp3) is 0.136. The third-order valence-corrected chi connectivity index (χ3v) is 6.89. The third-order valence-electron chi connectivity index (χ3n) is 4.40. The minimum Gasteiger partial charge on any atom is -0.493 e. The van der Waals surface area contributed by atoms with Gasteiger partial charge in [-0.05, 0) is 71.1 Å². The van der Waals surface area contributed by atoms with Gasteiger partial charge in [-0.3, -0.25) is 9.10 Å². The van der Waals surface area contributed by atoms with Gasteiger partial charge in [-0.2, -0.15) is 0 Å². The predicted octanol–water partition coefficient (Wildman–Crippen LogP) is 4.14. The van der Waals surface area contributed by atoms with Crippen molar-refractivity contribution in [2.45, 2.75) is 4.90 Å². The summed E-state index contributed by atoms with van der Waals surface area (Å²) in [5, 5.41) is 2.74. The van der Waals surface area contributed by atoms with E-state index in [-0.39, 0.29) is 10.6 Å². The average Bonchev–Trinajstić information content (AvgIpc) is 2.79. The van der Waals surface area contributed by atoms with Crippen molar-refractivity contribution >= 4 is 49.9 Å². The number of rotatable bonds is 8. The number of ether oxygens (including phenoxy) is 2. The Morgan fingerprint density at radius 3 is 2.19 bits per heavy atom. The van der Waals surface area contributed by atoms with Crippen molar-refractivity contribution < 1.29 is 22.7 Å². The zero-order chi connectivity index (χ0) is 22.4. The Kier molecular flexibility index (Phi) is 7.39.